The zero-order chi connectivity index (χ0) is 19.3. The highest BCUT2D eigenvalue weighted by Gasteiger charge is 2.20. The number of aromatic nitrogens is 2. The number of fused-ring (bicyclic) bond motifs is 2. The molecule has 5 nitrogen and oxygen atoms in total. The second-order valence-corrected chi connectivity index (χ2v) is 7.20. The molecule has 0 aliphatic carbocycles. The van der Waals surface area contributed by atoms with Crippen molar-refractivity contribution in [3.63, 3.8) is 0 Å². The molecule has 5 heteroatoms. The summed E-state index contributed by atoms with van der Waals surface area (Å²) in [7, 11) is 0. The Morgan fingerprint density at radius 1 is 0.929 bits per heavy atom. The number of pyridine rings is 1. The third-order valence-corrected chi connectivity index (χ3v) is 5.14. The smallest absolute Gasteiger partial charge is 0.231 e. The first kappa shape index (κ1) is 16.7. The monoisotopic (exact) mass is 371 g/mol. The van der Waals surface area contributed by atoms with Crippen LogP contribution in [0.3, 0.4) is 0 Å². The minimum Gasteiger partial charge on any atom is -0.454 e. The van der Waals surface area contributed by atoms with Gasteiger partial charge < -0.3 is 14.8 Å². The van der Waals surface area contributed by atoms with Gasteiger partial charge in [-0.1, -0.05) is 24.3 Å². The lowest BCUT2D eigenvalue weighted by Crippen LogP contribution is -2.01. The van der Waals surface area contributed by atoms with Crippen LogP contribution in [0.5, 0.6) is 11.5 Å². The Balaban J connectivity index is 1.72. The number of ether oxygens (including phenoxy) is 2. The third kappa shape index (κ3) is 2.67. The van der Waals surface area contributed by atoms with Crippen LogP contribution < -0.4 is 14.8 Å². The molecule has 0 fully saturated rings. The number of imidazole rings is 1. The van der Waals surface area contributed by atoms with Gasteiger partial charge in [0.25, 0.3) is 0 Å². The maximum Gasteiger partial charge on any atom is 0.231 e. The van der Waals surface area contributed by atoms with Crippen molar-refractivity contribution in [3.8, 4) is 22.8 Å². The number of nitrogens with zero attached hydrogens (tertiary/aromatic N) is 2. The van der Waals surface area contributed by atoms with Crippen molar-refractivity contribution in [2.45, 2.75) is 20.8 Å². The molecular formula is C23H21N3O2. The molecule has 2 aromatic heterocycles. The van der Waals surface area contributed by atoms with Crippen molar-refractivity contribution in [3.05, 3.63) is 71.4 Å². The largest absolute Gasteiger partial charge is 0.454 e. The van der Waals surface area contributed by atoms with Gasteiger partial charge in [-0.2, -0.15) is 0 Å². The van der Waals surface area contributed by atoms with E-state index in [1.807, 2.05) is 24.3 Å². The molecule has 0 unspecified atom stereocenters. The maximum absolute atomic E-state index is 5.57. The zero-order valence-corrected chi connectivity index (χ0v) is 16.1. The van der Waals surface area contributed by atoms with Crippen LogP contribution in [-0.2, 0) is 0 Å². The summed E-state index contributed by atoms with van der Waals surface area (Å²) in [5.41, 5.74) is 7.43. The third-order valence-electron chi connectivity index (χ3n) is 5.14. The zero-order valence-electron chi connectivity index (χ0n) is 16.1. The number of para-hydroxylation sites is 1. The summed E-state index contributed by atoms with van der Waals surface area (Å²) < 4.78 is 13.1. The van der Waals surface area contributed by atoms with Gasteiger partial charge in [0.2, 0.25) is 6.79 Å². The van der Waals surface area contributed by atoms with E-state index in [0.29, 0.717) is 0 Å². The molecule has 4 aromatic rings. The number of rotatable bonds is 3. The van der Waals surface area contributed by atoms with Gasteiger partial charge in [-0.3, -0.25) is 4.40 Å². The fourth-order valence-corrected chi connectivity index (χ4v) is 3.65. The van der Waals surface area contributed by atoms with Crippen molar-refractivity contribution >= 4 is 17.2 Å². The van der Waals surface area contributed by atoms with Gasteiger partial charge in [-0.25, -0.2) is 4.98 Å². The van der Waals surface area contributed by atoms with Crippen LogP contribution in [0.15, 0.2) is 54.7 Å². The first-order chi connectivity index (χ1) is 13.6. The highest BCUT2D eigenvalue weighted by molar-refractivity contribution is 5.82. The standard InChI is InChI=1S/C23H21N3O2/c1-14-7-10-20-24-22(17-8-9-18-19(11-17)28-13-27-18)23(26(20)12-14)25-21-15(2)5-4-6-16(21)3/h4-12,25H,13H2,1-3H3. The summed E-state index contributed by atoms with van der Waals surface area (Å²) in [5, 5.41) is 3.65. The van der Waals surface area contributed by atoms with E-state index in [9.17, 15) is 0 Å². The summed E-state index contributed by atoms with van der Waals surface area (Å²) in [6.07, 6.45) is 2.11. The van der Waals surface area contributed by atoms with Gasteiger partial charge in [-0.15, -0.1) is 0 Å². The van der Waals surface area contributed by atoms with E-state index in [0.717, 1.165) is 39.9 Å². The normalized spacial score (nSPS) is 12.5. The summed E-state index contributed by atoms with van der Waals surface area (Å²) in [4.78, 5) is 4.91. The van der Waals surface area contributed by atoms with E-state index in [1.165, 1.54) is 16.7 Å². The number of benzene rings is 2. The van der Waals surface area contributed by atoms with E-state index in [2.05, 4.69) is 61.0 Å². The van der Waals surface area contributed by atoms with Gasteiger partial charge in [0.15, 0.2) is 11.5 Å². The number of hydrogen-bond acceptors (Lipinski definition) is 4. The first-order valence-electron chi connectivity index (χ1n) is 9.32. The lowest BCUT2D eigenvalue weighted by Gasteiger charge is -2.14. The van der Waals surface area contributed by atoms with E-state index < -0.39 is 0 Å². The van der Waals surface area contributed by atoms with Crippen LogP contribution in [0.1, 0.15) is 16.7 Å². The molecule has 0 radical (unpaired) electrons. The second kappa shape index (κ2) is 6.30. The second-order valence-electron chi connectivity index (χ2n) is 7.20. The molecule has 2 aromatic carbocycles. The molecule has 1 aliphatic rings. The van der Waals surface area contributed by atoms with E-state index >= 15 is 0 Å². The molecule has 28 heavy (non-hydrogen) atoms. The van der Waals surface area contributed by atoms with Gasteiger partial charge in [-0.05, 0) is 61.7 Å². The van der Waals surface area contributed by atoms with Crippen molar-refractivity contribution < 1.29 is 9.47 Å². The van der Waals surface area contributed by atoms with Gasteiger partial charge in [0.05, 0.1) is 0 Å². The highest BCUT2D eigenvalue weighted by atomic mass is 16.7. The Kier molecular flexibility index (Phi) is 3.76. The molecule has 3 heterocycles. The Labute approximate surface area is 163 Å². The minimum atomic E-state index is 0.261. The average Bonchev–Trinajstić information content (AvgIpc) is 3.28. The molecule has 0 saturated carbocycles. The van der Waals surface area contributed by atoms with Crippen molar-refractivity contribution in [1.82, 2.24) is 9.38 Å². The fourth-order valence-electron chi connectivity index (χ4n) is 3.65. The van der Waals surface area contributed by atoms with Crippen molar-refractivity contribution in [2.75, 3.05) is 12.1 Å². The van der Waals surface area contributed by atoms with Crippen LogP contribution in [0.2, 0.25) is 0 Å². The highest BCUT2D eigenvalue weighted by Crippen LogP contribution is 2.39. The molecule has 5 rings (SSSR count). The Morgan fingerprint density at radius 2 is 1.71 bits per heavy atom. The maximum atomic E-state index is 5.57. The summed E-state index contributed by atoms with van der Waals surface area (Å²) in [5.74, 6) is 2.46. The molecule has 0 amide bonds. The predicted octanol–water partition coefficient (Wildman–Crippen LogP) is 5.40. The summed E-state index contributed by atoms with van der Waals surface area (Å²) >= 11 is 0. The van der Waals surface area contributed by atoms with Gasteiger partial charge >= 0.3 is 0 Å². The van der Waals surface area contributed by atoms with Gasteiger partial charge in [0.1, 0.15) is 17.2 Å². The quantitative estimate of drug-likeness (QED) is 0.524. The first-order valence-corrected chi connectivity index (χ1v) is 9.32. The molecule has 1 N–H and O–H groups in total. The molecular weight excluding hydrogens is 350 g/mol. The Morgan fingerprint density at radius 3 is 2.54 bits per heavy atom. The van der Waals surface area contributed by atoms with Crippen LogP contribution in [0, 0.1) is 20.8 Å². The number of anilines is 2. The van der Waals surface area contributed by atoms with Crippen LogP contribution in [0.25, 0.3) is 16.9 Å². The molecule has 0 saturated heterocycles. The molecule has 0 atom stereocenters. The molecule has 140 valence electrons. The topological polar surface area (TPSA) is 47.8 Å². The van der Waals surface area contributed by atoms with Crippen LogP contribution in [-0.4, -0.2) is 16.2 Å². The van der Waals surface area contributed by atoms with Crippen molar-refractivity contribution in [1.29, 1.82) is 0 Å². The lowest BCUT2D eigenvalue weighted by atomic mass is 10.1. The van der Waals surface area contributed by atoms with Crippen LogP contribution >= 0.6 is 0 Å². The molecule has 0 bridgehead atoms. The molecule has 0 spiro atoms. The van der Waals surface area contributed by atoms with Crippen LogP contribution in [0.4, 0.5) is 11.5 Å². The van der Waals surface area contributed by atoms with E-state index in [4.69, 9.17) is 14.5 Å². The summed E-state index contributed by atoms with van der Waals surface area (Å²) in [6.45, 7) is 6.58. The molecule has 1 aliphatic heterocycles. The van der Waals surface area contributed by atoms with E-state index in [1.54, 1.807) is 0 Å². The number of aryl methyl sites for hydroxylation is 3. The summed E-state index contributed by atoms with van der Waals surface area (Å²) in [6, 6.07) is 16.4. The predicted molar refractivity (Wildman–Crippen MR) is 111 cm³/mol. The fraction of sp³-hybridized carbons (Fsp3) is 0.174. The average molecular weight is 371 g/mol. The Bertz CT molecular complexity index is 1190. The van der Waals surface area contributed by atoms with E-state index in [-0.39, 0.29) is 6.79 Å². The SMILES string of the molecule is Cc1ccc2nc(-c3ccc4c(c3)OCO4)c(Nc3c(C)cccc3C)n2c1. The van der Waals surface area contributed by atoms with Crippen molar-refractivity contribution in [2.24, 2.45) is 0 Å². The minimum absolute atomic E-state index is 0.261. The Hall–Kier alpha value is -3.47. The number of nitrogens with one attached hydrogen (secondary N) is 1. The number of hydrogen-bond donors (Lipinski definition) is 1. The lowest BCUT2D eigenvalue weighted by molar-refractivity contribution is 0.174. The van der Waals surface area contributed by atoms with Gasteiger partial charge in [0, 0.05) is 17.4 Å².